The molecule has 0 radical (unpaired) electrons. The smallest absolute Gasteiger partial charge is 0.231 e. The Bertz CT molecular complexity index is 726. The zero-order chi connectivity index (χ0) is 16.5. The highest BCUT2D eigenvalue weighted by Crippen LogP contribution is 2.43. The molecule has 1 atom stereocenters. The summed E-state index contributed by atoms with van der Waals surface area (Å²) in [4.78, 5) is 2.42. The van der Waals surface area contributed by atoms with Crippen LogP contribution in [0, 0.1) is 0 Å². The summed E-state index contributed by atoms with van der Waals surface area (Å²) in [6.07, 6.45) is 3.61. The largest absolute Gasteiger partial charge is 0.507 e. The minimum absolute atomic E-state index is 0.0166. The Morgan fingerprint density at radius 1 is 0.958 bits per heavy atom. The van der Waals surface area contributed by atoms with Crippen molar-refractivity contribution in [3.05, 3.63) is 52.5 Å². The number of piperidine rings is 1. The molecule has 0 bridgehead atoms. The normalized spacial score (nSPS) is 18.5. The zero-order valence-electron chi connectivity index (χ0n) is 13.4. The van der Waals surface area contributed by atoms with Gasteiger partial charge in [0, 0.05) is 16.7 Å². The van der Waals surface area contributed by atoms with Gasteiger partial charge >= 0.3 is 0 Å². The number of nitrogens with zero attached hydrogens (tertiary/aromatic N) is 1. The van der Waals surface area contributed by atoms with Crippen molar-refractivity contribution in [3.8, 4) is 17.2 Å². The van der Waals surface area contributed by atoms with E-state index >= 15 is 0 Å². The van der Waals surface area contributed by atoms with Crippen LogP contribution < -0.4 is 9.47 Å². The first kappa shape index (κ1) is 15.6. The molecule has 1 saturated heterocycles. The van der Waals surface area contributed by atoms with Crippen molar-refractivity contribution >= 4 is 11.6 Å². The minimum Gasteiger partial charge on any atom is -0.507 e. The number of rotatable bonds is 3. The SMILES string of the molecule is Oc1cc2c(cc1[C@@H](c1ccc(Cl)cc1)N1CCCCC1)OCO2. The Hall–Kier alpha value is -1.91. The highest BCUT2D eigenvalue weighted by atomic mass is 35.5. The molecule has 2 heterocycles. The van der Waals surface area contributed by atoms with Crippen LogP contribution in [0.5, 0.6) is 17.2 Å². The summed E-state index contributed by atoms with van der Waals surface area (Å²) in [6, 6.07) is 11.4. The number of fused-ring (bicyclic) bond motifs is 1. The number of hydrogen-bond acceptors (Lipinski definition) is 4. The van der Waals surface area contributed by atoms with Gasteiger partial charge in [0.1, 0.15) is 5.75 Å². The molecule has 1 N–H and O–H groups in total. The monoisotopic (exact) mass is 345 g/mol. The number of halogens is 1. The van der Waals surface area contributed by atoms with Crippen molar-refractivity contribution < 1.29 is 14.6 Å². The third kappa shape index (κ3) is 2.92. The van der Waals surface area contributed by atoms with E-state index in [1.165, 1.54) is 19.3 Å². The van der Waals surface area contributed by atoms with Crippen LogP contribution in [0.4, 0.5) is 0 Å². The lowest BCUT2D eigenvalue weighted by Crippen LogP contribution is -2.34. The van der Waals surface area contributed by atoms with Crippen LogP contribution in [-0.2, 0) is 0 Å². The maximum Gasteiger partial charge on any atom is 0.231 e. The molecule has 4 nitrogen and oxygen atoms in total. The highest BCUT2D eigenvalue weighted by molar-refractivity contribution is 6.30. The summed E-state index contributed by atoms with van der Waals surface area (Å²) in [5.74, 6) is 1.54. The number of hydrogen-bond donors (Lipinski definition) is 1. The van der Waals surface area contributed by atoms with Gasteiger partial charge in [-0.1, -0.05) is 30.2 Å². The molecule has 2 aromatic rings. The maximum atomic E-state index is 10.6. The second-order valence-corrected chi connectivity index (χ2v) is 6.75. The first-order chi connectivity index (χ1) is 11.7. The fraction of sp³-hybridized carbons (Fsp3) is 0.368. The maximum absolute atomic E-state index is 10.6. The lowest BCUT2D eigenvalue weighted by molar-refractivity contribution is 0.173. The van der Waals surface area contributed by atoms with Gasteiger partial charge in [-0.05, 0) is 49.7 Å². The topological polar surface area (TPSA) is 41.9 Å². The summed E-state index contributed by atoms with van der Waals surface area (Å²) in [5, 5.41) is 11.3. The minimum atomic E-state index is -0.0166. The molecule has 0 aromatic heterocycles. The van der Waals surface area contributed by atoms with E-state index in [2.05, 4.69) is 4.90 Å². The van der Waals surface area contributed by atoms with Gasteiger partial charge in [0.2, 0.25) is 6.79 Å². The van der Waals surface area contributed by atoms with Crippen molar-refractivity contribution in [2.45, 2.75) is 25.3 Å². The molecule has 1 fully saturated rings. The van der Waals surface area contributed by atoms with Crippen LogP contribution in [0.15, 0.2) is 36.4 Å². The summed E-state index contributed by atoms with van der Waals surface area (Å²) in [7, 11) is 0. The number of likely N-dealkylation sites (tertiary alicyclic amines) is 1. The van der Waals surface area contributed by atoms with Gasteiger partial charge < -0.3 is 14.6 Å². The Balaban J connectivity index is 1.78. The zero-order valence-corrected chi connectivity index (χ0v) is 14.1. The molecule has 2 aliphatic heterocycles. The number of benzene rings is 2. The number of aromatic hydroxyl groups is 1. The Labute approximate surface area is 146 Å². The van der Waals surface area contributed by atoms with Gasteiger partial charge in [-0.25, -0.2) is 0 Å². The Morgan fingerprint density at radius 3 is 2.33 bits per heavy atom. The molecular weight excluding hydrogens is 326 g/mol. The van der Waals surface area contributed by atoms with Crippen molar-refractivity contribution in [3.63, 3.8) is 0 Å². The summed E-state index contributed by atoms with van der Waals surface area (Å²) in [6.45, 7) is 2.23. The lowest BCUT2D eigenvalue weighted by Gasteiger charge is -2.35. The lowest BCUT2D eigenvalue weighted by atomic mass is 9.94. The molecule has 0 aliphatic carbocycles. The summed E-state index contributed by atoms with van der Waals surface area (Å²) in [5.41, 5.74) is 1.97. The number of phenolic OH excluding ortho intramolecular Hbond substituents is 1. The van der Waals surface area contributed by atoms with Gasteiger partial charge in [0.15, 0.2) is 11.5 Å². The van der Waals surface area contributed by atoms with Crippen LogP contribution in [0.25, 0.3) is 0 Å². The molecule has 126 valence electrons. The summed E-state index contributed by atoms with van der Waals surface area (Å²) >= 11 is 6.06. The van der Waals surface area contributed by atoms with Gasteiger partial charge in [-0.15, -0.1) is 0 Å². The molecule has 5 heteroatoms. The fourth-order valence-corrected chi connectivity index (χ4v) is 3.70. The van der Waals surface area contributed by atoms with Gasteiger partial charge in [0.05, 0.1) is 6.04 Å². The molecule has 24 heavy (non-hydrogen) atoms. The summed E-state index contributed by atoms with van der Waals surface area (Å²) < 4.78 is 10.9. The van der Waals surface area contributed by atoms with E-state index in [9.17, 15) is 5.11 Å². The molecule has 2 aromatic carbocycles. The van der Waals surface area contributed by atoms with E-state index in [0.29, 0.717) is 16.5 Å². The van der Waals surface area contributed by atoms with Crippen molar-refractivity contribution in [1.29, 1.82) is 0 Å². The van der Waals surface area contributed by atoms with Crippen LogP contribution in [0.2, 0.25) is 5.02 Å². The Kier molecular flexibility index (Phi) is 4.25. The highest BCUT2D eigenvalue weighted by Gasteiger charge is 2.28. The van der Waals surface area contributed by atoms with E-state index in [4.69, 9.17) is 21.1 Å². The molecule has 0 unspecified atom stereocenters. The second-order valence-electron chi connectivity index (χ2n) is 6.32. The van der Waals surface area contributed by atoms with Crippen molar-refractivity contribution in [1.82, 2.24) is 4.90 Å². The first-order valence-electron chi connectivity index (χ1n) is 8.34. The van der Waals surface area contributed by atoms with E-state index in [0.717, 1.165) is 24.2 Å². The standard InChI is InChI=1S/C19H20ClNO3/c20-14-6-4-13(5-7-14)19(21-8-2-1-3-9-21)15-10-17-18(11-16(15)22)24-12-23-17/h4-7,10-11,19,22H,1-3,8-9,12H2/t19-/m1/s1. The molecule has 0 saturated carbocycles. The molecular formula is C19H20ClNO3. The predicted octanol–water partition coefficient (Wildman–Crippen LogP) is 4.35. The second kappa shape index (κ2) is 6.54. The number of ether oxygens (including phenoxy) is 2. The fourth-order valence-electron chi connectivity index (χ4n) is 3.57. The van der Waals surface area contributed by atoms with Crippen LogP contribution in [-0.4, -0.2) is 29.9 Å². The predicted molar refractivity (Wildman–Crippen MR) is 92.9 cm³/mol. The molecule has 0 spiro atoms. The Morgan fingerprint density at radius 2 is 1.62 bits per heavy atom. The van der Waals surface area contributed by atoms with Crippen LogP contribution in [0.1, 0.15) is 36.4 Å². The van der Waals surface area contributed by atoms with Gasteiger partial charge in [0.25, 0.3) is 0 Å². The number of phenols is 1. The quantitative estimate of drug-likeness (QED) is 0.898. The van der Waals surface area contributed by atoms with E-state index in [1.807, 2.05) is 30.3 Å². The first-order valence-corrected chi connectivity index (χ1v) is 8.72. The third-order valence-electron chi connectivity index (χ3n) is 4.76. The van der Waals surface area contributed by atoms with Gasteiger partial charge in [-0.2, -0.15) is 0 Å². The van der Waals surface area contributed by atoms with E-state index in [-0.39, 0.29) is 18.6 Å². The van der Waals surface area contributed by atoms with Crippen molar-refractivity contribution in [2.75, 3.05) is 19.9 Å². The average molecular weight is 346 g/mol. The third-order valence-corrected chi connectivity index (χ3v) is 5.01. The van der Waals surface area contributed by atoms with Crippen LogP contribution >= 0.6 is 11.6 Å². The van der Waals surface area contributed by atoms with E-state index < -0.39 is 0 Å². The van der Waals surface area contributed by atoms with E-state index in [1.54, 1.807) is 6.07 Å². The van der Waals surface area contributed by atoms with Gasteiger partial charge in [-0.3, -0.25) is 4.90 Å². The van der Waals surface area contributed by atoms with Crippen molar-refractivity contribution in [2.24, 2.45) is 0 Å². The van der Waals surface area contributed by atoms with Crippen LogP contribution in [0.3, 0.4) is 0 Å². The average Bonchev–Trinajstić information content (AvgIpc) is 3.05. The molecule has 0 amide bonds. The molecule has 4 rings (SSSR count). The molecule has 2 aliphatic rings.